The molecule has 2 amide bonds. The van der Waals surface area contributed by atoms with E-state index in [0.717, 1.165) is 0 Å². The molecule has 0 saturated heterocycles. The van der Waals surface area contributed by atoms with Crippen LogP contribution >= 0.6 is 11.3 Å². The molecule has 0 atom stereocenters. The average Bonchev–Trinajstić information content (AvgIpc) is 2.88. The molecule has 1 fully saturated rings. The number of alkyl halides is 3. The normalized spacial score (nSPS) is 20.5. The van der Waals surface area contributed by atoms with E-state index in [4.69, 9.17) is 5.11 Å². The van der Waals surface area contributed by atoms with Gasteiger partial charge in [-0.3, -0.25) is 15.0 Å². The summed E-state index contributed by atoms with van der Waals surface area (Å²) >= 11 is 0.244. The Labute approximate surface area is 139 Å². The summed E-state index contributed by atoms with van der Waals surface area (Å²) in [6.07, 6.45) is -3.43. The number of carboxylic acid groups (broad SMARTS) is 1. The van der Waals surface area contributed by atoms with E-state index in [1.807, 2.05) is 6.92 Å². The second kappa shape index (κ2) is 7.30. The molecule has 1 saturated carbocycles. The van der Waals surface area contributed by atoms with Gasteiger partial charge in [-0.1, -0.05) is 18.3 Å². The van der Waals surface area contributed by atoms with Crippen LogP contribution < -0.4 is 10.6 Å². The maximum Gasteiger partial charge on any atom is 0.445 e. The Morgan fingerprint density at radius 1 is 1.38 bits per heavy atom. The van der Waals surface area contributed by atoms with Gasteiger partial charge in [0.1, 0.15) is 0 Å². The summed E-state index contributed by atoms with van der Waals surface area (Å²) in [4.78, 5) is 24.3. The molecular weight excluding hydrogens is 351 g/mol. The maximum absolute atomic E-state index is 12.4. The van der Waals surface area contributed by atoms with E-state index < -0.39 is 23.2 Å². The van der Waals surface area contributed by atoms with E-state index in [9.17, 15) is 22.8 Å². The molecule has 0 spiro atoms. The number of aromatic nitrogens is 2. The number of carboxylic acids is 1. The molecule has 8 nitrogen and oxygen atoms in total. The van der Waals surface area contributed by atoms with Gasteiger partial charge in [0.2, 0.25) is 10.1 Å². The Bertz CT molecular complexity index is 603. The zero-order valence-electron chi connectivity index (χ0n) is 12.6. The zero-order valence-corrected chi connectivity index (χ0v) is 13.4. The van der Waals surface area contributed by atoms with Crippen LogP contribution in [-0.4, -0.2) is 57.4 Å². The van der Waals surface area contributed by atoms with Gasteiger partial charge in [-0.2, -0.15) is 13.2 Å². The fourth-order valence-corrected chi connectivity index (χ4v) is 2.99. The van der Waals surface area contributed by atoms with Crippen LogP contribution in [-0.2, 0) is 11.0 Å². The van der Waals surface area contributed by atoms with Crippen LogP contribution in [0, 0.1) is 0 Å². The number of amides is 2. The first-order valence-corrected chi connectivity index (χ1v) is 7.94. The highest BCUT2D eigenvalue weighted by Gasteiger charge is 2.37. The Kier molecular flexibility index (Phi) is 5.59. The lowest BCUT2D eigenvalue weighted by Crippen LogP contribution is -2.55. The molecule has 1 aromatic rings. The lowest BCUT2D eigenvalue weighted by Gasteiger charge is -2.42. The summed E-state index contributed by atoms with van der Waals surface area (Å²) < 4.78 is 37.2. The third kappa shape index (κ3) is 4.77. The summed E-state index contributed by atoms with van der Waals surface area (Å²) in [6, 6.07) is -0.757. The van der Waals surface area contributed by atoms with E-state index in [-0.39, 0.29) is 35.1 Å². The smallest absolute Gasteiger partial charge is 0.445 e. The highest BCUT2D eigenvalue weighted by atomic mass is 32.1. The van der Waals surface area contributed by atoms with E-state index in [2.05, 4.69) is 20.8 Å². The lowest BCUT2D eigenvalue weighted by molar-refractivity contribution is -0.139. The highest BCUT2D eigenvalue weighted by Crippen LogP contribution is 2.33. The molecule has 0 aliphatic heterocycles. The standard InChI is InChI=1S/C12H16F3N5O3S/c1-2-20(5-8(21)22)7-3-6(4-7)16-10(23)17-11-19-18-9(24-11)12(13,14)15/h6-7H,2-5H2,1H3,(H,21,22)(H2,16,17,19,23). The van der Waals surface area contributed by atoms with Gasteiger partial charge >= 0.3 is 18.2 Å². The number of likely N-dealkylation sites (N-methyl/N-ethyl adjacent to an activating group) is 1. The molecule has 3 N–H and O–H groups in total. The lowest BCUT2D eigenvalue weighted by atomic mass is 9.85. The third-order valence-electron chi connectivity index (χ3n) is 3.60. The number of hydrogen-bond acceptors (Lipinski definition) is 6. The predicted octanol–water partition coefficient (Wildman–Crippen LogP) is 1.62. The molecule has 134 valence electrons. The van der Waals surface area contributed by atoms with Crippen LogP contribution in [0.4, 0.5) is 23.1 Å². The number of rotatable bonds is 6. The summed E-state index contributed by atoms with van der Waals surface area (Å²) in [5.41, 5.74) is 0. The van der Waals surface area contributed by atoms with Crippen molar-refractivity contribution >= 4 is 28.5 Å². The van der Waals surface area contributed by atoms with Crippen molar-refractivity contribution in [1.29, 1.82) is 0 Å². The van der Waals surface area contributed by atoms with E-state index in [0.29, 0.717) is 19.4 Å². The van der Waals surface area contributed by atoms with Crippen LogP contribution in [0.5, 0.6) is 0 Å². The zero-order chi connectivity index (χ0) is 17.9. The van der Waals surface area contributed by atoms with Crippen molar-refractivity contribution < 1.29 is 27.9 Å². The minimum atomic E-state index is -4.59. The van der Waals surface area contributed by atoms with Crippen molar-refractivity contribution in [1.82, 2.24) is 20.4 Å². The number of hydrogen-bond donors (Lipinski definition) is 3. The minimum Gasteiger partial charge on any atom is -0.480 e. The molecule has 1 aromatic heterocycles. The number of nitrogens with one attached hydrogen (secondary N) is 2. The molecule has 24 heavy (non-hydrogen) atoms. The topological polar surface area (TPSA) is 107 Å². The molecule has 0 unspecified atom stereocenters. The molecular formula is C12H16F3N5O3S. The fourth-order valence-electron chi connectivity index (χ4n) is 2.38. The molecule has 1 aliphatic rings. The molecule has 0 aromatic carbocycles. The van der Waals surface area contributed by atoms with Crippen molar-refractivity contribution in [3.05, 3.63) is 5.01 Å². The first kappa shape index (κ1) is 18.4. The molecule has 0 radical (unpaired) electrons. The first-order chi connectivity index (χ1) is 11.2. The number of halogens is 3. The van der Waals surface area contributed by atoms with Gasteiger partial charge in [-0.15, -0.1) is 10.2 Å². The van der Waals surface area contributed by atoms with Crippen molar-refractivity contribution in [3.8, 4) is 0 Å². The van der Waals surface area contributed by atoms with Gasteiger partial charge in [0, 0.05) is 12.1 Å². The summed E-state index contributed by atoms with van der Waals surface area (Å²) in [6.45, 7) is 2.37. The average molecular weight is 367 g/mol. The number of carbonyl (C=O) groups is 2. The van der Waals surface area contributed by atoms with Crippen LogP contribution in [0.1, 0.15) is 24.8 Å². The summed E-state index contributed by atoms with van der Waals surface area (Å²) in [7, 11) is 0. The fraction of sp³-hybridized carbons (Fsp3) is 0.667. The molecule has 1 heterocycles. The Balaban J connectivity index is 1.76. The second-order valence-electron chi connectivity index (χ2n) is 5.29. The number of urea groups is 1. The van der Waals surface area contributed by atoms with Crippen LogP contribution in [0.3, 0.4) is 0 Å². The highest BCUT2D eigenvalue weighted by molar-refractivity contribution is 7.15. The van der Waals surface area contributed by atoms with Crippen molar-refractivity contribution in [2.45, 2.75) is 38.0 Å². The van der Waals surface area contributed by atoms with Crippen molar-refractivity contribution in [2.75, 3.05) is 18.4 Å². The van der Waals surface area contributed by atoms with Gasteiger partial charge in [0.25, 0.3) is 0 Å². The number of aliphatic carboxylic acids is 1. The largest absolute Gasteiger partial charge is 0.480 e. The number of anilines is 1. The van der Waals surface area contributed by atoms with Crippen molar-refractivity contribution in [3.63, 3.8) is 0 Å². The Morgan fingerprint density at radius 3 is 2.54 bits per heavy atom. The van der Waals surface area contributed by atoms with E-state index in [1.165, 1.54) is 0 Å². The Hall–Kier alpha value is -1.95. The first-order valence-electron chi connectivity index (χ1n) is 7.13. The molecule has 1 aliphatic carbocycles. The molecule has 2 rings (SSSR count). The predicted molar refractivity (Wildman–Crippen MR) is 78.8 cm³/mol. The van der Waals surface area contributed by atoms with Gasteiger partial charge < -0.3 is 10.4 Å². The Morgan fingerprint density at radius 2 is 2.04 bits per heavy atom. The van der Waals surface area contributed by atoms with Gasteiger partial charge in [-0.25, -0.2) is 4.79 Å². The quantitative estimate of drug-likeness (QED) is 0.705. The SMILES string of the molecule is CCN(CC(=O)O)C1CC(NC(=O)Nc2nnc(C(F)(F)F)s2)C1. The second-order valence-corrected chi connectivity index (χ2v) is 6.27. The van der Waals surface area contributed by atoms with Crippen LogP contribution in [0.15, 0.2) is 0 Å². The molecule has 12 heteroatoms. The van der Waals surface area contributed by atoms with Gasteiger partial charge in [0.05, 0.1) is 6.54 Å². The van der Waals surface area contributed by atoms with Gasteiger partial charge in [-0.05, 0) is 19.4 Å². The van der Waals surface area contributed by atoms with Gasteiger partial charge in [0.15, 0.2) is 0 Å². The third-order valence-corrected chi connectivity index (χ3v) is 4.48. The minimum absolute atomic E-state index is 0.0644. The monoisotopic (exact) mass is 367 g/mol. The van der Waals surface area contributed by atoms with Crippen molar-refractivity contribution in [2.24, 2.45) is 0 Å². The van der Waals surface area contributed by atoms with E-state index in [1.54, 1.807) is 4.90 Å². The van der Waals surface area contributed by atoms with Crippen LogP contribution in [0.2, 0.25) is 0 Å². The maximum atomic E-state index is 12.4. The summed E-state index contributed by atoms with van der Waals surface area (Å²) in [5.74, 6) is -0.914. The summed E-state index contributed by atoms with van der Waals surface area (Å²) in [5, 5.41) is 18.5. The number of carbonyl (C=O) groups excluding carboxylic acids is 1. The molecule has 0 bridgehead atoms. The van der Waals surface area contributed by atoms with Crippen LogP contribution in [0.25, 0.3) is 0 Å². The number of nitrogens with zero attached hydrogens (tertiary/aromatic N) is 3. The van der Waals surface area contributed by atoms with E-state index >= 15 is 0 Å².